The number of benzene rings is 1. The number of thiophene rings is 1. The van der Waals surface area contributed by atoms with Gasteiger partial charge >= 0.3 is 5.97 Å². The number of nitrogens with one attached hydrogen (secondary N) is 1. The van der Waals surface area contributed by atoms with Crippen LogP contribution in [0, 0.1) is 12.8 Å². The smallest absolute Gasteiger partial charge is 0.309 e. The van der Waals surface area contributed by atoms with Crippen LogP contribution in [0.25, 0.3) is 0 Å². The molecule has 154 valence electrons. The van der Waals surface area contributed by atoms with Crippen LogP contribution in [0.5, 0.6) is 0 Å². The van der Waals surface area contributed by atoms with E-state index >= 15 is 0 Å². The molecule has 1 aromatic carbocycles. The van der Waals surface area contributed by atoms with Crippen molar-refractivity contribution in [2.24, 2.45) is 5.92 Å². The molecule has 0 bridgehead atoms. The number of hydrogen-bond acceptors (Lipinski definition) is 5. The van der Waals surface area contributed by atoms with E-state index in [1.807, 2.05) is 48.7 Å². The summed E-state index contributed by atoms with van der Waals surface area (Å²) in [5.74, 6) is -0.958. The summed E-state index contributed by atoms with van der Waals surface area (Å²) >= 11 is 1.42. The van der Waals surface area contributed by atoms with Gasteiger partial charge in [-0.25, -0.2) is 0 Å². The molecule has 0 radical (unpaired) electrons. The number of carbonyl (C=O) groups excluding carboxylic acids is 3. The number of ether oxygens (including phenoxy) is 1. The second kappa shape index (κ2) is 9.69. The van der Waals surface area contributed by atoms with Crippen LogP contribution in [0.4, 0.5) is 0 Å². The normalized spacial score (nSPS) is 15.6. The minimum Gasteiger partial charge on any atom is -0.452 e. The van der Waals surface area contributed by atoms with Crippen LogP contribution >= 0.6 is 11.3 Å². The lowest BCUT2D eigenvalue weighted by Gasteiger charge is -2.31. The van der Waals surface area contributed by atoms with E-state index < -0.39 is 6.10 Å². The van der Waals surface area contributed by atoms with Gasteiger partial charge < -0.3 is 15.0 Å². The molecule has 6 nitrogen and oxygen atoms in total. The summed E-state index contributed by atoms with van der Waals surface area (Å²) in [7, 11) is 0. The van der Waals surface area contributed by atoms with E-state index in [-0.39, 0.29) is 23.7 Å². The maximum atomic E-state index is 12.4. The summed E-state index contributed by atoms with van der Waals surface area (Å²) < 4.78 is 5.37. The third-order valence-corrected chi connectivity index (χ3v) is 5.95. The molecule has 0 unspecified atom stereocenters. The highest BCUT2D eigenvalue weighted by molar-refractivity contribution is 7.12. The topological polar surface area (TPSA) is 75.7 Å². The third kappa shape index (κ3) is 5.67. The quantitative estimate of drug-likeness (QED) is 0.737. The van der Waals surface area contributed by atoms with Crippen LogP contribution in [-0.4, -0.2) is 41.9 Å². The zero-order valence-corrected chi connectivity index (χ0v) is 17.5. The summed E-state index contributed by atoms with van der Waals surface area (Å²) in [5, 5.41) is 4.67. The van der Waals surface area contributed by atoms with Gasteiger partial charge in [0, 0.05) is 19.6 Å². The second-order valence-corrected chi connectivity index (χ2v) is 8.27. The maximum absolute atomic E-state index is 12.4. The Morgan fingerprint density at radius 2 is 1.86 bits per heavy atom. The molecule has 2 heterocycles. The molecule has 0 spiro atoms. The summed E-state index contributed by atoms with van der Waals surface area (Å²) in [5.41, 5.74) is 2.15. The van der Waals surface area contributed by atoms with Gasteiger partial charge in [-0.3, -0.25) is 14.4 Å². The molecule has 0 saturated carbocycles. The summed E-state index contributed by atoms with van der Waals surface area (Å²) in [4.78, 5) is 39.5. The van der Waals surface area contributed by atoms with Crippen LogP contribution in [0.1, 0.15) is 40.6 Å². The molecule has 1 saturated heterocycles. The van der Waals surface area contributed by atoms with Crippen molar-refractivity contribution < 1.29 is 19.1 Å². The first-order chi connectivity index (χ1) is 13.9. The highest BCUT2D eigenvalue weighted by Crippen LogP contribution is 2.22. The molecule has 1 fully saturated rings. The van der Waals surface area contributed by atoms with Crippen molar-refractivity contribution in [1.82, 2.24) is 10.2 Å². The van der Waals surface area contributed by atoms with E-state index in [0.717, 1.165) is 11.1 Å². The highest BCUT2D eigenvalue weighted by Gasteiger charge is 2.30. The van der Waals surface area contributed by atoms with Gasteiger partial charge in [0.2, 0.25) is 0 Å². The number of piperidine rings is 1. The molecule has 2 amide bonds. The predicted octanol–water partition coefficient (Wildman–Crippen LogP) is 3.16. The Bertz CT molecular complexity index is 840. The summed E-state index contributed by atoms with van der Waals surface area (Å²) in [6.07, 6.45) is 0.250. The predicted molar refractivity (Wildman–Crippen MR) is 112 cm³/mol. The first-order valence-electron chi connectivity index (χ1n) is 9.80. The van der Waals surface area contributed by atoms with E-state index in [4.69, 9.17) is 4.74 Å². The number of carbonyl (C=O) groups is 3. The second-order valence-electron chi connectivity index (χ2n) is 7.33. The van der Waals surface area contributed by atoms with Crippen molar-refractivity contribution >= 4 is 29.1 Å². The van der Waals surface area contributed by atoms with Gasteiger partial charge in [-0.05, 0) is 43.7 Å². The van der Waals surface area contributed by atoms with E-state index in [2.05, 4.69) is 5.32 Å². The monoisotopic (exact) mass is 414 g/mol. The van der Waals surface area contributed by atoms with Crippen LogP contribution in [0.15, 0.2) is 41.8 Å². The molecule has 2 aromatic rings. The first-order valence-corrected chi connectivity index (χ1v) is 10.7. The summed E-state index contributed by atoms with van der Waals surface area (Å²) in [6, 6.07) is 11.5. The van der Waals surface area contributed by atoms with Gasteiger partial charge in [0.25, 0.3) is 11.8 Å². The van der Waals surface area contributed by atoms with Crippen molar-refractivity contribution in [3.8, 4) is 0 Å². The Morgan fingerprint density at radius 1 is 1.17 bits per heavy atom. The maximum Gasteiger partial charge on any atom is 0.309 e. The first kappa shape index (κ1) is 21.0. The summed E-state index contributed by atoms with van der Waals surface area (Å²) in [6.45, 7) is 5.02. The zero-order valence-electron chi connectivity index (χ0n) is 16.7. The van der Waals surface area contributed by atoms with Gasteiger partial charge in [0.05, 0.1) is 10.8 Å². The number of rotatable bonds is 6. The third-order valence-electron chi connectivity index (χ3n) is 5.10. The molecule has 0 aliphatic carbocycles. The molecule has 29 heavy (non-hydrogen) atoms. The Kier molecular flexibility index (Phi) is 7.04. The van der Waals surface area contributed by atoms with Gasteiger partial charge in [-0.1, -0.05) is 35.9 Å². The number of esters is 1. The number of likely N-dealkylation sites (tertiary alicyclic amines) is 1. The van der Waals surface area contributed by atoms with Gasteiger partial charge in [-0.2, -0.15) is 0 Å². The fourth-order valence-electron chi connectivity index (χ4n) is 3.24. The highest BCUT2D eigenvalue weighted by atomic mass is 32.1. The number of nitrogens with zero attached hydrogens (tertiary/aromatic N) is 1. The van der Waals surface area contributed by atoms with E-state index in [1.54, 1.807) is 11.8 Å². The Morgan fingerprint density at radius 3 is 2.48 bits per heavy atom. The van der Waals surface area contributed by atoms with Crippen molar-refractivity contribution in [2.75, 3.05) is 13.1 Å². The minimum atomic E-state index is -0.848. The number of hydrogen-bond donors (Lipinski definition) is 1. The Labute approximate surface area is 174 Å². The lowest BCUT2D eigenvalue weighted by atomic mass is 9.97. The molecule has 1 aliphatic rings. The largest absolute Gasteiger partial charge is 0.452 e. The van der Waals surface area contributed by atoms with Crippen LogP contribution in [0.2, 0.25) is 0 Å². The SMILES string of the molecule is Cc1ccc(CNC(=O)[C@H](C)OC(=O)C2CCN(C(=O)c3cccs3)CC2)cc1. The molecule has 3 rings (SSSR count). The van der Waals surface area contributed by atoms with E-state index in [1.165, 1.54) is 11.3 Å². The molecule has 1 atom stereocenters. The lowest BCUT2D eigenvalue weighted by Crippen LogP contribution is -2.42. The average Bonchev–Trinajstić information content (AvgIpc) is 3.27. The van der Waals surface area contributed by atoms with Crippen molar-refractivity contribution in [3.05, 3.63) is 57.8 Å². The van der Waals surface area contributed by atoms with Gasteiger partial charge in [0.1, 0.15) is 0 Å². The Hall–Kier alpha value is -2.67. The molecule has 1 aliphatic heterocycles. The molecular weight excluding hydrogens is 388 g/mol. The van der Waals surface area contributed by atoms with E-state index in [0.29, 0.717) is 37.4 Å². The van der Waals surface area contributed by atoms with Crippen molar-refractivity contribution in [1.29, 1.82) is 0 Å². The van der Waals surface area contributed by atoms with Crippen LogP contribution in [0.3, 0.4) is 0 Å². The molecular formula is C22H26N2O4S. The standard InChI is InChI=1S/C22H26N2O4S/c1-15-5-7-17(8-6-15)14-23-20(25)16(2)28-22(27)18-9-11-24(12-10-18)21(26)19-4-3-13-29-19/h3-8,13,16,18H,9-12,14H2,1-2H3,(H,23,25)/t16-/m0/s1. The molecule has 7 heteroatoms. The van der Waals surface area contributed by atoms with E-state index in [9.17, 15) is 14.4 Å². The minimum absolute atomic E-state index is 0.00988. The molecule has 1 aromatic heterocycles. The average molecular weight is 415 g/mol. The fourth-order valence-corrected chi connectivity index (χ4v) is 3.93. The number of amides is 2. The van der Waals surface area contributed by atoms with Crippen molar-refractivity contribution in [2.45, 2.75) is 39.3 Å². The van der Waals surface area contributed by atoms with Gasteiger partial charge in [-0.15, -0.1) is 11.3 Å². The zero-order chi connectivity index (χ0) is 20.8. The Balaban J connectivity index is 1.42. The van der Waals surface area contributed by atoms with Crippen molar-refractivity contribution in [3.63, 3.8) is 0 Å². The van der Waals surface area contributed by atoms with Crippen LogP contribution < -0.4 is 5.32 Å². The van der Waals surface area contributed by atoms with Gasteiger partial charge in [0.15, 0.2) is 6.10 Å². The molecule has 1 N–H and O–H groups in total. The fraction of sp³-hybridized carbons (Fsp3) is 0.409. The number of aryl methyl sites for hydroxylation is 1. The lowest BCUT2D eigenvalue weighted by molar-refractivity contribution is -0.160. The van der Waals surface area contributed by atoms with Crippen LogP contribution in [-0.2, 0) is 20.9 Å².